The van der Waals surface area contributed by atoms with Gasteiger partial charge in [0.25, 0.3) is 0 Å². The number of esters is 1. The maximum atomic E-state index is 12.0. The van der Waals surface area contributed by atoms with Crippen LogP contribution in [-0.4, -0.2) is 34.9 Å². The van der Waals surface area contributed by atoms with E-state index in [2.05, 4.69) is 16.0 Å². The van der Waals surface area contributed by atoms with Crippen molar-refractivity contribution in [3.05, 3.63) is 78.8 Å². The quantitative estimate of drug-likeness (QED) is 0.333. The van der Waals surface area contributed by atoms with E-state index >= 15 is 0 Å². The summed E-state index contributed by atoms with van der Waals surface area (Å²) in [4.78, 5) is 21.8. The second-order valence-corrected chi connectivity index (χ2v) is 6.15. The van der Waals surface area contributed by atoms with Crippen molar-refractivity contribution in [1.29, 1.82) is 5.26 Å². The van der Waals surface area contributed by atoms with Crippen LogP contribution in [0.3, 0.4) is 0 Å². The van der Waals surface area contributed by atoms with Gasteiger partial charge in [-0.3, -0.25) is 0 Å². The Morgan fingerprint density at radius 3 is 2.23 bits per heavy atom. The average molecular weight is 402 g/mol. The molecule has 0 saturated carbocycles. The second kappa shape index (κ2) is 9.71. The number of hydrogen-bond donors (Lipinski definition) is 0. The lowest BCUT2D eigenvalue weighted by atomic mass is 10.2. The Bertz CT molecular complexity index is 1110. The summed E-state index contributed by atoms with van der Waals surface area (Å²) in [6.45, 7) is 0. The molecule has 30 heavy (non-hydrogen) atoms. The van der Waals surface area contributed by atoms with Crippen molar-refractivity contribution >= 4 is 5.97 Å². The number of rotatable bonds is 7. The highest BCUT2D eigenvalue weighted by molar-refractivity contribution is 5.84. The van der Waals surface area contributed by atoms with Gasteiger partial charge in [-0.2, -0.15) is 5.26 Å². The van der Waals surface area contributed by atoms with Gasteiger partial charge in [-0.1, -0.05) is 24.3 Å². The molecule has 0 atom stereocenters. The molecule has 8 heteroatoms. The fourth-order valence-electron chi connectivity index (χ4n) is 2.28. The Balaban J connectivity index is 1.77. The van der Waals surface area contributed by atoms with Crippen LogP contribution in [-0.2, 0) is 4.79 Å². The molecule has 0 fully saturated rings. The molecule has 0 unspecified atom stereocenters. The van der Waals surface area contributed by atoms with E-state index in [1.54, 1.807) is 73.7 Å². The molecule has 0 radical (unpaired) electrons. The normalized spacial score (nSPS) is 10.3. The van der Waals surface area contributed by atoms with Crippen LogP contribution in [0.25, 0.3) is 0 Å². The molecule has 8 nitrogen and oxygen atoms in total. The van der Waals surface area contributed by atoms with Crippen LogP contribution in [0.1, 0.15) is 5.56 Å². The third-order valence-corrected chi connectivity index (χ3v) is 3.62. The lowest BCUT2D eigenvalue weighted by Crippen LogP contribution is -2.08. The number of aromatic nitrogens is 2. The molecule has 0 bridgehead atoms. The Morgan fingerprint density at radius 2 is 1.57 bits per heavy atom. The minimum Gasteiger partial charge on any atom is -0.437 e. The summed E-state index contributed by atoms with van der Waals surface area (Å²) < 4.78 is 16.8. The Morgan fingerprint density at radius 1 is 0.967 bits per heavy atom. The van der Waals surface area contributed by atoms with Crippen LogP contribution in [0.4, 0.5) is 0 Å². The van der Waals surface area contributed by atoms with Crippen LogP contribution < -0.4 is 14.2 Å². The molecular formula is C22H18N4O4. The minimum atomic E-state index is -0.542. The highest BCUT2D eigenvalue weighted by atomic mass is 16.6. The van der Waals surface area contributed by atoms with Crippen molar-refractivity contribution in [2.45, 2.75) is 0 Å². The molecule has 0 amide bonds. The summed E-state index contributed by atoms with van der Waals surface area (Å²) in [5, 5.41) is 9.18. The van der Waals surface area contributed by atoms with E-state index in [0.717, 1.165) is 0 Å². The monoisotopic (exact) mass is 402 g/mol. The second-order valence-electron chi connectivity index (χ2n) is 6.15. The highest BCUT2D eigenvalue weighted by Crippen LogP contribution is 2.32. The zero-order chi connectivity index (χ0) is 21.3. The van der Waals surface area contributed by atoms with E-state index in [0.29, 0.717) is 17.1 Å². The van der Waals surface area contributed by atoms with E-state index in [1.807, 2.05) is 0 Å². The van der Waals surface area contributed by atoms with Crippen LogP contribution in [0.5, 0.6) is 29.0 Å². The number of carbonyl (C=O) groups is 1. The summed E-state index contributed by atoms with van der Waals surface area (Å²) in [7, 11) is 3.59. The summed E-state index contributed by atoms with van der Waals surface area (Å²) in [5.74, 6) is 0.743. The Kier molecular flexibility index (Phi) is 6.59. The largest absolute Gasteiger partial charge is 0.437 e. The molecule has 1 aromatic heterocycles. The van der Waals surface area contributed by atoms with Gasteiger partial charge in [0, 0.05) is 26.4 Å². The zero-order valence-electron chi connectivity index (χ0n) is 16.4. The van der Waals surface area contributed by atoms with Crippen molar-refractivity contribution in [2.75, 3.05) is 14.1 Å². The number of ether oxygens (including phenoxy) is 3. The third kappa shape index (κ3) is 5.56. The molecule has 0 aliphatic rings. The van der Waals surface area contributed by atoms with Crippen molar-refractivity contribution in [1.82, 2.24) is 14.9 Å². The molecular weight excluding hydrogens is 384 g/mol. The predicted octanol–water partition coefficient (Wildman–Crippen LogP) is 3.91. The van der Waals surface area contributed by atoms with Gasteiger partial charge in [-0.25, -0.2) is 14.8 Å². The number of nitrogens with zero attached hydrogens (tertiary/aromatic N) is 4. The molecule has 0 spiro atoms. The Hall–Kier alpha value is -4.38. The standard InChI is InChI=1S/C22H18N4O4/c1-26(2)12-11-22(27)30-19-10-6-5-9-18(19)29-21-13-20(24-15-25-21)28-17-8-4-3-7-16(17)14-23/h3-13,15H,1-2H3. The average Bonchev–Trinajstić information content (AvgIpc) is 2.74. The van der Waals surface area contributed by atoms with E-state index < -0.39 is 5.97 Å². The lowest BCUT2D eigenvalue weighted by Gasteiger charge is -2.11. The molecule has 0 aliphatic heterocycles. The molecule has 2 aromatic carbocycles. The number of para-hydroxylation sites is 3. The van der Waals surface area contributed by atoms with E-state index in [9.17, 15) is 10.1 Å². The van der Waals surface area contributed by atoms with Gasteiger partial charge in [-0.15, -0.1) is 0 Å². The molecule has 0 aliphatic carbocycles. The third-order valence-electron chi connectivity index (χ3n) is 3.62. The van der Waals surface area contributed by atoms with Crippen molar-refractivity contribution < 1.29 is 19.0 Å². The number of benzene rings is 2. The highest BCUT2D eigenvalue weighted by Gasteiger charge is 2.12. The molecule has 0 saturated heterocycles. The van der Waals surface area contributed by atoms with Crippen LogP contribution in [0, 0.1) is 11.3 Å². The van der Waals surface area contributed by atoms with Crippen LogP contribution in [0.2, 0.25) is 0 Å². The smallest absolute Gasteiger partial charge is 0.337 e. The summed E-state index contributed by atoms with van der Waals surface area (Å²) >= 11 is 0. The first-order valence-electron chi connectivity index (χ1n) is 8.87. The molecule has 1 heterocycles. The zero-order valence-corrected chi connectivity index (χ0v) is 16.4. The van der Waals surface area contributed by atoms with Crippen LogP contribution >= 0.6 is 0 Å². The van der Waals surface area contributed by atoms with E-state index in [1.165, 1.54) is 18.5 Å². The fourth-order valence-corrected chi connectivity index (χ4v) is 2.28. The lowest BCUT2D eigenvalue weighted by molar-refractivity contribution is -0.129. The van der Waals surface area contributed by atoms with Gasteiger partial charge in [0.15, 0.2) is 11.5 Å². The van der Waals surface area contributed by atoms with Crippen molar-refractivity contribution in [2.24, 2.45) is 0 Å². The predicted molar refractivity (Wildman–Crippen MR) is 108 cm³/mol. The van der Waals surface area contributed by atoms with Crippen molar-refractivity contribution in [3.63, 3.8) is 0 Å². The van der Waals surface area contributed by atoms with Gasteiger partial charge in [0.1, 0.15) is 18.1 Å². The fraction of sp³-hybridized carbons (Fsp3) is 0.0909. The SMILES string of the molecule is CN(C)C=CC(=O)Oc1ccccc1Oc1cc(Oc2ccccc2C#N)ncn1. The number of carbonyl (C=O) groups excluding carboxylic acids is 1. The molecule has 0 N–H and O–H groups in total. The van der Waals surface area contributed by atoms with Gasteiger partial charge >= 0.3 is 5.97 Å². The number of nitriles is 1. The summed E-state index contributed by atoms with van der Waals surface area (Å²) in [6, 6.07) is 17.0. The van der Waals surface area contributed by atoms with Crippen molar-refractivity contribution in [3.8, 4) is 35.1 Å². The minimum absolute atomic E-state index is 0.182. The molecule has 3 aromatic rings. The van der Waals surface area contributed by atoms with E-state index in [-0.39, 0.29) is 17.5 Å². The number of hydrogen-bond acceptors (Lipinski definition) is 8. The van der Waals surface area contributed by atoms with Gasteiger partial charge in [0.05, 0.1) is 11.6 Å². The Labute approximate surface area is 173 Å². The van der Waals surface area contributed by atoms with Gasteiger partial charge < -0.3 is 19.1 Å². The van der Waals surface area contributed by atoms with E-state index in [4.69, 9.17) is 14.2 Å². The maximum Gasteiger partial charge on any atom is 0.337 e. The summed E-state index contributed by atoms with van der Waals surface area (Å²) in [6.07, 6.45) is 4.16. The van der Waals surface area contributed by atoms with Gasteiger partial charge in [-0.05, 0) is 24.3 Å². The maximum absolute atomic E-state index is 12.0. The first kappa shape index (κ1) is 20.4. The molecule has 3 rings (SSSR count). The first-order chi connectivity index (χ1) is 14.5. The topological polar surface area (TPSA) is 97.6 Å². The molecule has 150 valence electrons. The van der Waals surface area contributed by atoms with Gasteiger partial charge in [0.2, 0.25) is 11.8 Å². The van der Waals surface area contributed by atoms with Crippen LogP contribution in [0.15, 0.2) is 73.2 Å². The first-order valence-corrected chi connectivity index (χ1v) is 8.87. The summed E-state index contributed by atoms with van der Waals surface area (Å²) in [5.41, 5.74) is 0.376.